The third-order valence-corrected chi connectivity index (χ3v) is 8.05. The highest BCUT2D eigenvalue weighted by Gasteiger charge is 2.31. The topological polar surface area (TPSA) is 100 Å². The number of aryl methyl sites for hydroxylation is 1. The fourth-order valence-corrected chi connectivity index (χ4v) is 6.29. The third kappa shape index (κ3) is 3.74. The molecule has 2 N–H and O–H groups in total. The Morgan fingerprint density at radius 2 is 1.92 bits per heavy atom. The second-order valence-electron chi connectivity index (χ2n) is 9.23. The second kappa shape index (κ2) is 8.88. The van der Waals surface area contributed by atoms with Crippen molar-refractivity contribution in [2.24, 2.45) is 7.05 Å². The molecule has 0 radical (unpaired) electrons. The second-order valence-corrected chi connectivity index (χ2v) is 10.5. The molecule has 0 unspecified atom stereocenters. The fraction of sp³-hybridized carbons (Fsp3) is 0.259. The first kappa shape index (κ1) is 23.5. The third-order valence-electron chi connectivity index (χ3n) is 7.11. The average Bonchev–Trinajstić information content (AvgIpc) is 3.28. The SMILES string of the molecule is CNc1cc(F)cc2c1Cc1ncc(-c3cnc4c(c3)c(=O)c(C(=O)O)cn4C)c(N3CCSCC3)c1-2. The Kier molecular flexibility index (Phi) is 5.63. The van der Waals surface area contributed by atoms with Crippen LogP contribution in [-0.2, 0) is 13.5 Å². The Morgan fingerprint density at radius 3 is 2.65 bits per heavy atom. The van der Waals surface area contributed by atoms with Gasteiger partial charge in [-0.15, -0.1) is 0 Å². The van der Waals surface area contributed by atoms with Gasteiger partial charge in [-0.25, -0.2) is 14.2 Å². The molecule has 1 fully saturated rings. The van der Waals surface area contributed by atoms with Crippen LogP contribution in [0.4, 0.5) is 15.8 Å². The molecule has 0 spiro atoms. The standard InChI is InChI=1S/C27H24FN5O3S/c1-29-21-9-15(28)8-17-16(21)10-22-23(17)24(33-3-5-37-6-4-33)19(12-30-22)14-7-18-25(34)20(27(35)36)13-32(2)26(18)31-11-14/h7-9,11-13,29H,3-6,10H2,1-2H3,(H,35,36). The van der Waals surface area contributed by atoms with Gasteiger partial charge in [-0.3, -0.25) is 9.78 Å². The summed E-state index contributed by atoms with van der Waals surface area (Å²) in [5, 5.41) is 12.9. The maximum absolute atomic E-state index is 14.7. The van der Waals surface area contributed by atoms with Gasteiger partial charge < -0.3 is 19.9 Å². The summed E-state index contributed by atoms with van der Waals surface area (Å²) in [6.07, 6.45) is 5.37. The number of benzene rings is 1. The molecule has 37 heavy (non-hydrogen) atoms. The smallest absolute Gasteiger partial charge is 0.341 e. The number of aromatic carboxylic acids is 1. The molecule has 1 saturated heterocycles. The number of hydrogen-bond acceptors (Lipinski definition) is 7. The van der Waals surface area contributed by atoms with Gasteiger partial charge in [0.25, 0.3) is 0 Å². The highest BCUT2D eigenvalue weighted by molar-refractivity contribution is 7.99. The maximum Gasteiger partial charge on any atom is 0.341 e. The largest absolute Gasteiger partial charge is 0.477 e. The number of hydrogen-bond donors (Lipinski definition) is 2. The lowest BCUT2D eigenvalue weighted by Gasteiger charge is -2.32. The lowest BCUT2D eigenvalue weighted by atomic mass is 9.97. The number of carboxylic acids is 1. The molecule has 1 aliphatic carbocycles. The fourth-order valence-electron chi connectivity index (χ4n) is 5.39. The number of fused-ring (bicyclic) bond motifs is 4. The van der Waals surface area contributed by atoms with Gasteiger partial charge in [-0.1, -0.05) is 0 Å². The molecule has 6 rings (SSSR count). The molecule has 3 aromatic heterocycles. The van der Waals surface area contributed by atoms with Crippen LogP contribution >= 0.6 is 11.8 Å². The van der Waals surface area contributed by atoms with Crippen molar-refractivity contribution >= 4 is 40.1 Å². The molecule has 0 bridgehead atoms. The first-order valence-corrected chi connectivity index (χ1v) is 13.1. The van der Waals surface area contributed by atoms with E-state index in [1.165, 1.54) is 12.3 Å². The van der Waals surface area contributed by atoms with Gasteiger partial charge in [0.2, 0.25) is 5.43 Å². The number of pyridine rings is 3. The maximum atomic E-state index is 14.7. The van der Waals surface area contributed by atoms with E-state index in [4.69, 9.17) is 4.98 Å². The summed E-state index contributed by atoms with van der Waals surface area (Å²) >= 11 is 1.89. The van der Waals surface area contributed by atoms with Crippen molar-refractivity contribution in [3.63, 3.8) is 0 Å². The monoisotopic (exact) mass is 517 g/mol. The molecule has 0 saturated carbocycles. The van der Waals surface area contributed by atoms with Gasteiger partial charge in [-0.05, 0) is 29.3 Å². The first-order valence-electron chi connectivity index (χ1n) is 12.0. The summed E-state index contributed by atoms with van der Waals surface area (Å²) in [5.41, 5.74) is 6.26. The molecule has 0 amide bonds. The lowest BCUT2D eigenvalue weighted by molar-refractivity contribution is 0.0695. The van der Waals surface area contributed by atoms with Crippen LogP contribution in [0.25, 0.3) is 33.3 Å². The van der Waals surface area contributed by atoms with Crippen molar-refractivity contribution in [3.8, 4) is 22.3 Å². The number of nitrogens with one attached hydrogen (secondary N) is 1. The van der Waals surface area contributed by atoms with Crippen LogP contribution in [0.1, 0.15) is 21.6 Å². The van der Waals surface area contributed by atoms with E-state index in [0.717, 1.165) is 63.9 Å². The van der Waals surface area contributed by atoms with Crippen molar-refractivity contribution < 1.29 is 14.3 Å². The van der Waals surface area contributed by atoms with Crippen LogP contribution in [-0.4, -0.2) is 57.3 Å². The molecule has 8 nitrogen and oxygen atoms in total. The van der Waals surface area contributed by atoms with Crippen molar-refractivity contribution in [1.82, 2.24) is 14.5 Å². The Labute approximate surface area is 216 Å². The Hall–Kier alpha value is -3.92. The van der Waals surface area contributed by atoms with E-state index < -0.39 is 11.4 Å². The highest BCUT2D eigenvalue weighted by atomic mass is 32.2. The number of halogens is 1. The van der Waals surface area contributed by atoms with Gasteiger partial charge >= 0.3 is 5.97 Å². The summed E-state index contributed by atoms with van der Waals surface area (Å²) < 4.78 is 16.2. The molecular weight excluding hydrogens is 493 g/mol. The first-order chi connectivity index (χ1) is 17.9. The minimum absolute atomic E-state index is 0.226. The summed E-state index contributed by atoms with van der Waals surface area (Å²) in [4.78, 5) is 36.3. The molecule has 188 valence electrons. The van der Waals surface area contributed by atoms with Crippen molar-refractivity contribution in [1.29, 1.82) is 0 Å². The van der Waals surface area contributed by atoms with Crippen LogP contribution in [0.2, 0.25) is 0 Å². The number of carboxylic acid groups (broad SMARTS) is 1. The minimum Gasteiger partial charge on any atom is -0.477 e. The van der Waals surface area contributed by atoms with E-state index in [-0.39, 0.29) is 16.8 Å². The van der Waals surface area contributed by atoms with E-state index in [1.54, 1.807) is 43.2 Å². The van der Waals surface area contributed by atoms with Crippen molar-refractivity contribution in [2.75, 3.05) is 41.9 Å². The van der Waals surface area contributed by atoms with Crippen LogP contribution in [0, 0.1) is 5.82 Å². The van der Waals surface area contributed by atoms with Gasteiger partial charge in [0.1, 0.15) is 17.0 Å². The summed E-state index contributed by atoms with van der Waals surface area (Å²) in [6, 6.07) is 4.78. The number of thioether (sulfide) groups is 1. The predicted molar refractivity (Wildman–Crippen MR) is 144 cm³/mol. The van der Waals surface area contributed by atoms with Crippen molar-refractivity contribution in [3.05, 3.63) is 69.7 Å². The van der Waals surface area contributed by atoms with Gasteiger partial charge in [-0.2, -0.15) is 11.8 Å². The summed E-state index contributed by atoms with van der Waals surface area (Å²) in [6.45, 7) is 1.65. The van der Waals surface area contributed by atoms with Gasteiger partial charge in [0.15, 0.2) is 0 Å². The predicted octanol–water partition coefficient (Wildman–Crippen LogP) is 4.00. The zero-order chi connectivity index (χ0) is 25.8. The average molecular weight is 518 g/mol. The number of carbonyl (C=O) groups is 1. The number of aromatic nitrogens is 3. The molecule has 2 aliphatic rings. The molecular formula is C27H24FN5O3S. The van der Waals surface area contributed by atoms with Crippen molar-refractivity contribution in [2.45, 2.75) is 6.42 Å². The zero-order valence-electron chi connectivity index (χ0n) is 20.3. The molecule has 10 heteroatoms. The quantitative estimate of drug-likeness (QED) is 0.369. The zero-order valence-corrected chi connectivity index (χ0v) is 21.2. The minimum atomic E-state index is -1.28. The number of anilines is 2. The van der Waals surface area contributed by atoms with Gasteiger partial charge in [0.05, 0.1) is 16.8 Å². The Balaban J connectivity index is 1.63. The molecule has 4 aromatic rings. The Morgan fingerprint density at radius 1 is 1.14 bits per heavy atom. The molecule has 1 aliphatic heterocycles. The number of rotatable bonds is 4. The van der Waals surface area contributed by atoms with Gasteiger partial charge in [0, 0.05) is 86.1 Å². The Bertz CT molecular complexity index is 1660. The molecule has 0 atom stereocenters. The van der Waals surface area contributed by atoms with E-state index in [9.17, 15) is 19.1 Å². The van der Waals surface area contributed by atoms with E-state index in [2.05, 4.69) is 15.2 Å². The van der Waals surface area contributed by atoms with E-state index in [0.29, 0.717) is 17.6 Å². The molecule has 1 aromatic carbocycles. The summed E-state index contributed by atoms with van der Waals surface area (Å²) in [5.74, 6) is 0.329. The van der Waals surface area contributed by atoms with Crippen LogP contribution in [0.3, 0.4) is 0 Å². The van der Waals surface area contributed by atoms with E-state index in [1.807, 2.05) is 11.8 Å². The van der Waals surface area contributed by atoms with Crippen LogP contribution in [0.5, 0.6) is 0 Å². The summed E-state index contributed by atoms with van der Waals surface area (Å²) in [7, 11) is 3.45. The number of nitrogens with zero attached hydrogens (tertiary/aromatic N) is 4. The van der Waals surface area contributed by atoms with Crippen LogP contribution < -0.4 is 15.6 Å². The van der Waals surface area contributed by atoms with Crippen LogP contribution in [0.15, 0.2) is 41.6 Å². The molecule has 4 heterocycles. The highest BCUT2D eigenvalue weighted by Crippen LogP contribution is 2.49. The lowest BCUT2D eigenvalue weighted by Crippen LogP contribution is -2.33. The van der Waals surface area contributed by atoms with E-state index >= 15 is 0 Å². The normalized spacial score (nSPS) is 14.5.